The Balaban J connectivity index is 1.58. The van der Waals surface area contributed by atoms with E-state index in [4.69, 9.17) is 12.2 Å². The van der Waals surface area contributed by atoms with Gasteiger partial charge in [0.2, 0.25) is 0 Å². The van der Waals surface area contributed by atoms with Crippen LogP contribution in [-0.4, -0.2) is 15.9 Å². The van der Waals surface area contributed by atoms with E-state index in [9.17, 15) is 0 Å². The first-order valence-corrected chi connectivity index (χ1v) is 8.88. The fourth-order valence-corrected chi connectivity index (χ4v) is 2.79. The smallest absolute Gasteiger partial charge is 0.191 e. The molecule has 0 aliphatic heterocycles. The molecule has 0 amide bonds. The zero-order valence-corrected chi connectivity index (χ0v) is 15.8. The Kier molecular flexibility index (Phi) is 5.81. The maximum Gasteiger partial charge on any atom is 0.191 e. The largest absolute Gasteiger partial charge is 0.342 e. The van der Waals surface area contributed by atoms with Crippen LogP contribution in [0.5, 0.6) is 0 Å². The number of anilines is 1. The highest BCUT2D eigenvalue weighted by molar-refractivity contribution is 7.80. The van der Waals surface area contributed by atoms with Crippen molar-refractivity contribution in [2.75, 3.05) is 5.32 Å². The van der Waals surface area contributed by atoms with Crippen molar-refractivity contribution in [3.63, 3.8) is 0 Å². The van der Waals surface area contributed by atoms with E-state index >= 15 is 0 Å². The quantitative estimate of drug-likeness (QED) is 0.400. The minimum Gasteiger partial charge on any atom is -0.342 e. The zero-order chi connectivity index (χ0) is 18.4. The molecule has 3 rings (SSSR count). The van der Waals surface area contributed by atoms with Crippen molar-refractivity contribution in [1.29, 1.82) is 0 Å². The van der Waals surface area contributed by atoms with Crippen LogP contribution in [-0.2, 0) is 6.54 Å². The van der Waals surface area contributed by atoms with Gasteiger partial charge < -0.3 is 9.88 Å². The second-order valence-electron chi connectivity index (χ2n) is 6.24. The lowest BCUT2D eigenvalue weighted by Crippen LogP contribution is -2.24. The highest BCUT2D eigenvalue weighted by Gasteiger charge is 2.00. The summed E-state index contributed by atoms with van der Waals surface area (Å²) in [6, 6.07) is 20.6. The van der Waals surface area contributed by atoms with E-state index in [0.717, 1.165) is 17.9 Å². The van der Waals surface area contributed by atoms with Gasteiger partial charge in [-0.1, -0.05) is 42.0 Å². The van der Waals surface area contributed by atoms with Crippen LogP contribution >= 0.6 is 12.2 Å². The monoisotopic (exact) mass is 362 g/mol. The average Bonchev–Trinajstić information content (AvgIpc) is 3.04. The molecule has 2 aromatic carbocycles. The van der Waals surface area contributed by atoms with Gasteiger partial charge in [0.15, 0.2) is 5.11 Å². The van der Waals surface area contributed by atoms with Crippen LogP contribution in [0.1, 0.15) is 22.4 Å². The summed E-state index contributed by atoms with van der Waals surface area (Å²) in [5.41, 5.74) is 8.52. The number of rotatable bonds is 5. The summed E-state index contributed by atoms with van der Waals surface area (Å²) >= 11 is 5.28. The third kappa shape index (κ3) is 5.04. The molecule has 0 aliphatic rings. The summed E-state index contributed by atoms with van der Waals surface area (Å²) in [4.78, 5) is 0. The lowest BCUT2D eigenvalue weighted by atomic mass is 10.1. The molecule has 1 heterocycles. The Bertz CT molecular complexity index is 910. The fraction of sp³-hybridized carbons (Fsp3) is 0.143. The van der Waals surface area contributed by atoms with Crippen LogP contribution < -0.4 is 10.7 Å². The van der Waals surface area contributed by atoms with E-state index in [1.54, 1.807) is 6.21 Å². The molecule has 0 bridgehead atoms. The minimum atomic E-state index is 0.462. The van der Waals surface area contributed by atoms with Crippen LogP contribution in [0, 0.1) is 13.8 Å². The molecule has 26 heavy (non-hydrogen) atoms. The molecule has 0 spiro atoms. The fourth-order valence-electron chi connectivity index (χ4n) is 2.62. The molecule has 0 unspecified atom stereocenters. The van der Waals surface area contributed by atoms with Gasteiger partial charge >= 0.3 is 0 Å². The molecule has 0 atom stereocenters. The second kappa shape index (κ2) is 8.45. The van der Waals surface area contributed by atoms with Gasteiger partial charge in [-0.3, -0.25) is 5.43 Å². The van der Waals surface area contributed by atoms with Gasteiger partial charge in [-0.25, -0.2) is 0 Å². The van der Waals surface area contributed by atoms with Crippen molar-refractivity contribution < 1.29 is 0 Å². The van der Waals surface area contributed by atoms with Crippen LogP contribution in [0.3, 0.4) is 0 Å². The van der Waals surface area contributed by atoms with Crippen molar-refractivity contribution in [3.05, 3.63) is 89.2 Å². The molecular weight excluding hydrogens is 340 g/mol. The van der Waals surface area contributed by atoms with Crippen molar-refractivity contribution in [2.24, 2.45) is 5.10 Å². The maximum absolute atomic E-state index is 5.28. The minimum absolute atomic E-state index is 0.462. The Hall–Kier alpha value is -2.92. The Labute approximate surface area is 159 Å². The number of nitrogens with zero attached hydrogens (tertiary/aromatic N) is 2. The van der Waals surface area contributed by atoms with Crippen LogP contribution in [0.4, 0.5) is 5.69 Å². The van der Waals surface area contributed by atoms with E-state index in [1.807, 2.05) is 49.5 Å². The van der Waals surface area contributed by atoms with E-state index in [-0.39, 0.29) is 0 Å². The Morgan fingerprint density at radius 2 is 1.85 bits per heavy atom. The molecular formula is C21H22N4S. The standard InChI is InChI=1S/C21H22N4S/c1-16-8-10-18(11-9-16)15-25-12-4-7-20(25)14-22-24-21(26)23-19-6-3-5-17(2)13-19/h3-14H,15H2,1-2H3,(H2,23,24,26)/b22-14+. The summed E-state index contributed by atoms with van der Waals surface area (Å²) in [5.74, 6) is 0. The summed E-state index contributed by atoms with van der Waals surface area (Å²) in [6.07, 6.45) is 3.82. The first kappa shape index (κ1) is 17.9. The van der Waals surface area contributed by atoms with Gasteiger partial charge in [0.1, 0.15) is 0 Å². The molecule has 0 radical (unpaired) electrons. The van der Waals surface area contributed by atoms with E-state index in [1.165, 1.54) is 16.7 Å². The van der Waals surface area contributed by atoms with Crippen molar-refractivity contribution in [3.8, 4) is 0 Å². The zero-order valence-electron chi connectivity index (χ0n) is 14.9. The number of nitrogens with one attached hydrogen (secondary N) is 2. The topological polar surface area (TPSA) is 41.4 Å². The molecule has 2 N–H and O–H groups in total. The third-order valence-electron chi connectivity index (χ3n) is 3.98. The van der Waals surface area contributed by atoms with Gasteiger partial charge in [-0.05, 0) is 61.5 Å². The van der Waals surface area contributed by atoms with Crippen molar-refractivity contribution >= 4 is 29.2 Å². The van der Waals surface area contributed by atoms with Gasteiger partial charge in [0, 0.05) is 18.4 Å². The maximum atomic E-state index is 5.28. The van der Waals surface area contributed by atoms with Gasteiger partial charge in [0.25, 0.3) is 0 Å². The third-order valence-corrected chi connectivity index (χ3v) is 4.17. The first-order valence-electron chi connectivity index (χ1n) is 8.47. The predicted octanol–water partition coefficient (Wildman–Crippen LogP) is 4.47. The molecule has 132 valence electrons. The molecule has 5 heteroatoms. The van der Waals surface area contributed by atoms with Crippen LogP contribution in [0.25, 0.3) is 0 Å². The summed E-state index contributed by atoms with van der Waals surface area (Å²) < 4.78 is 2.15. The van der Waals surface area contributed by atoms with Crippen molar-refractivity contribution in [1.82, 2.24) is 9.99 Å². The molecule has 0 saturated heterocycles. The average molecular weight is 363 g/mol. The number of hydrazone groups is 1. The summed E-state index contributed by atoms with van der Waals surface area (Å²) in [5, 5.41) is 7.83. The number of benzene rings is 2. The van der Waals surface area contributed by atoms with Gasteiger partial charge in [-0.15, -0.1) is 0 Å². The molecule has 0 saturated carbocycles. The Morgan fingerprint density at radius 3 is 2.62 bits per heavy atom. The van der Waals surface area contributed by atoms with Crippen LogP contribution in [0.2, 0.25) is 0 Å². The number of hydrogen-bond donors (Lipinski definition) is 2. The SMILES string of the molecule is Cc1ccc(Cn2cccc2/C=N/NC(=S)Nc2cccc(C)c2)cc1. The number of aromatic nitrogens is 1. The molecule has 1 aromatic heterocycles. The number of hydrogen-bond acceptors (Lipinski definition) is 2. The predicted molar refractivity (Wildman–Crippen MR) is 113 cm³/mol. The first-order chi connectivity index (χ1) is 12.6. The van der Waals surface area contributed by atoms with E-state index in [0.29, 0.717) is 5.11 Å². The van der Waals surface area contributed by atoms with Gasteiger partial charge in [-0.2, -0.15) is 5.10 Å². The highest BCUT2D eigenvalue weighted by atomic mass is 32.1. The van der Waals surface area contributed by atoms with E-state index in [2.05, 4.69) is 51.6 Å². The molecule has 4 nitrogen and oxygen atoms in total. The normalized spacial score (nSPS) is 10.8. The van der Waals surface area contributed by atoms with E-state index < -0.39 is 0 Å². The molecule has 0 fully saturated rings. The molecule has 3 aromatic rings. The lowest BCUT2D eigenvalue weighted by molar-refractivity contribution is 0.798. The summed E-state index contributed by atoms with van der Waals surface area (Å²) in [6.45, 7) is 4.94. The number of thiocarbonyl (C=S) groups is 1. The second-order valence-corrected chi connectivity index (χ2v) is 6.65. The lowest BCUT2D eigenvalue weighted by Gasteiger charge is -2.08. The highest BCUT2D eigenvalue weighted by Crippen LogP contribution is 2.10. The number of aryl methyl sites for hydroxylation is 2. The molecule has 0 aliphatic carbocycles. The Morgan fingerprint density at radius 1 is 1.04 bits per heavy atom. The van der Waals surface area contributed by atoms with Crippen molar-refractivity contribution in [2.45, 2.75) is 20.4 Å². The van der Waals surface area contributed by atoms with Crippen LogP contribution in [0.15, 0.2) is 72.0 Å². The summed E-state index contributed by atoms with van der Waals surface area (Å²) in [7, 11) is 0. The van der Waals surface area contributed by atoms with Gasteiger partial charge in [0.05, 0.1) is 11.9 Å².